The van der Waals surface area contributed by atoms with Gasteiger partial charge in [0.05, 0.1) is 22.2 Å². The second-order valence-corrected chi connectivity index (χ2v) is 21.1. The third-order valence-electron chi connectivity index (χ3n) is 13.5. The van der Waals surface area contributed by atoms with Gasteiger partial charge < -0.3 is 13.9 Å². The van der Waals surface area contributed by atoms with Crippen LogP contribution in [-0.2, 0) is 43.7 Å². The summed E-state index contributed by atoms with van der Waals surface area (Å²) >= 11 is 0. The number of imidazole rings is 1. The van der Waals surface area contributed by atoms with Crippen LogP contribution < -0.4 is 9.30 Å². The number of fused-ring (bicyclic) bond motifs is 4. The molecule has 72 heavy (non-hydrogen) atoms. The Balaban J connectivity index is 0.00000688. The Morgan fingerprint density at radius 2 is 1.25 bits per heavy atom. The summed E-state index contributed by atoms with van der Waals surface area (Å²) < 4.78 is 66.9. The molecule has 0 saturated carbocycles. The molecule has 11 rings (SSSR count). The summed E-state index contributed by atoms with van der Waals surface area (Å²) in [6.07, 6.45) is 6.08. The predicted molar refractivity (Wildman–Crippen MR) is 291 cm³/mol. The zero-order chi connectivity index (χ0) is 54.3. The van der Waals surface area contributed by atoms with Crippen molar-refractivity contribution in [3.63, 3.8) is 0 Å². The second-order valence-electron chi connectivity index (χ2n) is 21.1. The van der Waals surface area contributed by atoms with Gasteiger partial charge in [-0.2, -0.15) is 18.2 Å². The Labute approximate surface area is 447 Å². The molecule has 360 valence electrons. The van der Waals surface area contributed by atoms with E-state index in [0.29, 0.717) is 17.9 Å². The molecule has 0 aliphatic heterocycles. The topological polar surface area (TPSA) is 35.9 Å². The molecule has 0 bridgehead atoms. The maximum atomic E-state index is 9.50. The van der Waals surface area contributed by atoms with Gasteiger partial charge in [0.15, 0.2) is 0 Å². The first kappa shape index (κ1) is 41.3. The molecule has 3 aromatic heterocycles. The smallest absolute Gasteiger partial charge is 0.268 e. The Bertz CT molecular complexity index is 4090. The Morgan fingerprint density at radius 3 is 1.99 bits per heavy atom. The van der Waals surface area contributed by atoms with Gasteiger partial charge in [-0.3, -0.25) is 4.57 Å². The summed E-state index contributed by atoms with van der Waals surface area (Å²) in [4.78, 5) is 4.77. The Hall–Kier alpha value is -7.33. The zero-order valence-corrected chi connectivity index (χ0v) is 44.0. The summed E-state index contributed by atoms with van der Waals surface area (Å²) in [7, 11) is 0. The molecule has 0 radical (unpaired) electrons. The largest absolute Gasteiger partial charge is 0.510 e. The van der Waals surface area contributed by atoms with Crippen molar-refractivity contribution in [3.05, 3.63) is 235 Å². The number of aromatic nitrogens is 4. The Morgan fingerprint density at radius 1 is 0.583 bits per heavy atom. The second kappa shape index (κ2) is 19.0. The van der Waals surface area contributed by atoms with Gasteiger partial charge in [-0.25, -0.2) is 4.98 Å². The van der Waals surface area contributed by atoms with Crippen LogP contribution in [0.4, 0.5) is 0 Å². The molecule has 0 fully saturated rings. The number of hydrogen-bond acceptors (Lipinski definition) is 2. The third kappa shape index (κ3) is 9.23. The molecule has 0 N–H and O–H groups in total. The molecule has 3 heterocycles. The minimum atomic E-state index is -0.439. The number of ether oxygens (including phenoxy) is 1. The summed E-state index contributed by atoms with van der Waals surface area (Å²) in [5, 5.41) is 0.251. The summed E-state index contributed by atoms with van der Waals surface area (Å²) in [6, 6.07) is 56.4. The van der Waals surface area contributed by atoms with Crippen molar-refractivity contribution >= 4 is 32.8 Å². The van der Waals surface area contributed by atoms with Crippen molar-refractivity contribution in [1.29, 1.82) is 0 Å². The van der Waals surface area contributed by atoms with Gasteiger partial charge in [0.2, 0.25) is 0 Å². The molecule has 0 unspecified atom stereocenters. The van der Waals surface area contributed by atoms with Crippen LogP contribution in [0, 0.1) is 18.5 Å². The average molecular weight is 1120 g/mol. The van der Waals surface area contributed by atoms with Crippen LogP contribution >= 0.6 is 0 Å². The molecule has 11 aromatic rings. The first-order valence-electron chi connectivity index (χ1n) is 27.2. The molecule has 0 saturated heterocycles. The quantitative estimate of drug-likeness (QED) is 0.101. The fourth-order valence-corrected chi connectivity index (χ4v) is 9.63. The van der Waals surface area contributed by atoms with Crippen molar-refractivity contribution in [2.24, 2.45) is 0 Å². The fraction of sp³-hybridized carbons (Fsp3) is 0.182. The SMILES string of the molecule is [2H]c1c(Oc2[c-]c(-n3[c-][n+](-c4c(-c5ccccc5)cccc4-c4cc(C(C)(C)C)cc(C(C)(C)C)c4)c4ccccc43)ccc2)[c-]c2c(c1[2H])c1c([2H])c([2H])c([2H])c([2H])c1n2-c1cc(CC(C)(C)c2ccccc2)ccn1.[Pt]. The predicted octanol–water partition coefficient (Wildman–Crippen LogP) is 16.0. The molecular weight excluding hydrogens is 1060 g/mol. The minimum absolute atomic E-state index is 0. The number of pyridine rings is 1. The number of para-hydroxylation sites is 4. The molecule has 8 aromatic carbocycles. The fourth-order valence-electron chi connectivity index (χ4n) is 9.63. The van der Waals surface area contributed by atoms with Crippen LogP contribution in [0.5, 0.6) is 11.5 Å². The Kier molecular flexibility index (Phi) is 10.9. The molecule has 0 amide bonds. The average Bonchev–Trinajstić information content (AvgIpc) is 4.00. The summed E-state index contributed by atoms with van der Waals surface area (Å²) in [5.74, 6) is 0.542. The van der Waals surface area contributed by atoms with E-state index in [4.69, 9.17) is 13.8 Å². The van der Waals surface area contributed by atoms with E-state index in [9.17, 15) is 4.11 Å². The summed E-state index contributed by atoms with van der Waals surface area (Å²) in [5.41, 5.74) is 12.1. The van der Waals surface area contributed by atoms with Crippen molar-refractivity contribution in [2.75, 3.05) is 0 Å². The van der Waals surface area contributed by atoms with E-state index in [1.165, 1.54) is 16.7 Å². The normalized spacial score (nSPS) is 13.3. The van der Waals surface area contributed by atoms with Gasteiger partial charge in [-0.05, 0) is 97.8 Å². The molecule has 0 aliphatic rings. The van der Waals surface area contributed by atoms with Crippen LogP contribution in [0.1, 0.15) is 85.9 Å². The van der Waals surface area contributed by atoms with E-state index in [1.54, 1.807) is 16.8 Å². The van der Waals surface area contributed by atoms with Crippen LogP contribution in [0.3, 0.4) is 0 Å². The summed E-state index contributed by atoms with van der Waals surface area (Å²) in [6.45, 7) is 17.9. The zero-order valence-electron chi connectivity index (χ0n) is 47.7. The van der Waals surface area contributed by atoms with E-state index in [-0.39, 0.29) is 94.8 Å². The maximum absolute atomic E-state index is 9.50. The third-order valence-corrected chi connectivity index (χ3v) is 13.5. The van der Waals surface area contributed by atoms with Gasteiger partial charge in [-0.1, -0.05) is 200 Å². The molecule has 5 nitrogen and oxygen atoms in total. The number of nitrogens with zero attached hydrogens (tertiary/aromatic N) is 4. The van der Waals surface area contributed by atoms with E-state index in [0.717, 1.165) is 44.5 Å². The number of benzene rings is 8. The van der Waals surface area contributed by atoms with E-state index in [2.05, 4.69) is 163 Å². The number of hydrogen-bond donors (Lipinski definition) is 0. The standard InChI is InChI=1S/C66H58N4O.Pt/c1-64(2,3)49-38-47(39-50(40-49)65(4,5)6)55-29-20-28-54(46-21-11-9-12-22-46)63(55)69-44-68(59-31-17-18-32-60(59)69)51-25-19-26-52(41-51)71-53-33-34-57-56-27-15-16-30-58(56)70(61(57)42-53)62-37-45(35-36-67-62)43-66(7,8)48-23-13-10-14-24-48;/h9-40H,43H2,1-8H3;/q-2;/i15D,16D,27D,30D,33D,34D;. The van der Waals surface area contributed by atoms with Crippen LogP contribution in [-0.4, -0.2) is 14.1 Å². The monoisotopic (exact) mass is 1120 g/mol. The van der Waals surface area contributed by atoms with Crippen molar-refractivity contribution < 1.29 is 38.6 Å². The first-order valence-corrected chi connectivity index (χ1v) is 24.2. The van der Waals surface area contributed by atoms with Gasteiger partial charge in [-0.15, -0.1) is 29.6 Å². The molecule has 0 atom stereocenters. The molecule has 6 heteroatoms. The van der Waals surface area contributed by atoms with Gasteiger partial charge in [0.25, 0.3) is 6.33 Å². The van der Waals surface area contributed by atoms with Crippen molar-refractivity contribution in [1.82, 2.24) is 14.1 Å². The van der Waals surface area contributed by atoms with Gasteiger partial charge in [0.1, 0.15) is 5.82 Å². The van der Waals surface area contributed by atoms with Crippen molar-refractivity contribution in [3.8, 4) is 50.9 Å². The van der Waals surface area contributed by atoms with E-state index >= 15 is 0 Å². The van der Waals surface area contributed by atoms with Gasteiger partial charge in [0, 0.05) is 45.6 Å². The number of rotatable bonds is 10. The molecular formula is C66H58N4OPt-2. The van der Waals surface area contributed by atoms with Gasteiger partial charge >= 0.3 is 0 Å². The van der Waals surface area contributed by atoms with Crippen LogP contribution in [0.2, 0.25) is 0 Å². The molecule has 0 aliphatic carbocycles. The molecule has 0 spiro atoms. The van der Waals surface area contributed by atoms with Crippen LogP contribution in [0.25, 0.3) is 72.3 Å². The maximum Gasteiger partial charge on any atom is 0.268 e. The van der Waals surface area contributed by atoms with Crippen molar-refractivity contribution in [2.45, 2.75) is 78.1 Å². The minimum Gasteiger partial charge on any atom is -0.510 e. The van der Waals surface area contributed by atoms with Crippen LogP contribution in [0.15, 0.2) is 194 Å². The van der Waals surface area contributed by atoms with E-state index in [1.807, 2.05) is 65.2 Å². The first-order chi connectivity index (χ1) is 36.7. The van der Waals surface area contributed by atoms with E-state index < -0.39 is 12.1 Å².